The average molecular weight is 223 g/mol. The molecule has 0 aliphatic rings. The summed E-state index contributed by atoms with van der Waals surface area (Å²) in [6.07, 6.45) is 4.33. The van der Waals surface area contributed by atoms with Crippen LogP contribution < -0.4 is 5.32 Å². The van der Waals surface area contributed by atoms with Crippen LogP contribution in [0.4, 0.5) is 0 Å². The van der Waals surface area contributed by atoms with Gasteiger partial charge in [0, 0.05) is 13.2 Å². The van der Waals surface area contributed by atoms with Crippen molar-refractivity contribution in [3.05, 3.63) is 18.0 Å². The van der Waals surface area contributed by atoms with E-state index >= 15 is 0 Å². The van der Waals surface area contributed by atoms with Crippen LogP contribution in [0.2, 0.25) is 0 Å². The number of rotatable bonds is 7. The summed E-state index contributed by atoms with van der Waals surface area (Å²) in [7, 11) is 1.97. The summed E-state index contributed by atoms with van der Waals surface area (Å²) in [6, 6.07) is 2.11. The van der Waals surface area contributed by atoms with Crippen molar-refractivity contribution in [3.8, 4) is 0 Å². The Hall–Kier alpha value is -0.830. The molecule has 3 nitrogen and oxygen atoms in total. The minimum absolute atomic E-state index is 0.703. The molecule has 0 saturated carbocycles. The fourth-order valence-electron chi connectivity index (χ4n) is 1.77. The highest BCUT2D eigenvalue weighted by Gasteiger charge is 2.05. The highest BCUT2D eigenvalue weighted by Crippen LogP contribution is 2.09. The topological polar surface area (TPSA) is 29.9 Å². The Bertz CT molecular complexity index is 291. The van der Waals surface area contributed by atoms with Gasteiger partial charge in [-0.15, -0.1) is 0 Å². The van der Waals surface area contributed by atoms with Crippen molar-refractivity contribution in [2.45, 2.75) is 33.6 Å². The van der Waals surface area contributed by atoms with Crippen molar-refractivity contribution in [3.63, 3.8) is 0 Å². The van der Waals surface area contributed by atoms with Crippen LogP contribution in [0.3, 0.4) is 0 Å². The van der Waals surface area contributed by atoms with E-state index in [2.05, 4.69) is 37.3 Å². The number of hydrogen-bond donors (Lipinski definition) is 1. The summed E-state index contributed by atoms with van der Waals surface area (Å²) >= 11 is 0. The SMILES string of the molecule is CC(C)CNCCC(C)Cc1ccn(C)n1. The predicted octanol–water partition coefficient (Wildman–Crippen LogP) is 2.23. The molecule has 0 amide bonds. The van der Waals surface area contributed by atoms with E-state index in [4.69, 9.17) is 0 Å². The molecule has 3 heteroatoms. The van der Waals surface area contributed by atoms with Crippen molar-refractivity contribution in [1.82, 2.24) is 15.1 Å². The standard InChI is InChI=1S/C13H25N3/c1-11(2)10-14-7-5-12(3)9-13-6-8-16(4)15-13/h6,8,11-12,14H,5,7,9-10H2,1-4H3. The van der Waals surface area contributed by atoms with Gasteiger partial charge in [-0.2, -0.15) is 5.10 Å². The molecule has 1 rings (SSSR count). The summed E-state index contributed by atoms with van der Waals surface area (Å²) in [5.41, 5.74) is 1.21. The molecular weight excluding hydrogens is 198 g/mol. The zero-order chi connectivity index (χ0) is 12.0. The van der Waals surface area contributed by atoms with Gasteiger partial charge in [0.1, 0.15) is 0 Å². The van der Waals surface area contributed by atoms with E-state index in [1.54, 1.807) is 0 Å². The fraction of sp³-hybridized carbons (Fsp3) is 0.769. The van der Waals surface area contributed by atoms with Gasteiger partial charge in [0.2, 0.25) is 0 Å². The quantitative estimate of drug-likeness (QED) is 0.718. The second-order valence-corrected chi connectivity index (χ2v) is 5.18. The average Bonchev–Trinajstić information content (AvgIpc) is 2.58. The minimum atomic E-state index is 0.703. The van der Waals surface area contributed by atoms with Crippen LogP contribution in [0.25, 0.3) is 0 Å². The van der Waals surface area contributed by atoms with E-state index in [1.165, 1.54) is 12.1 Å². The van der Waals surface area contributed by atoms with Crippen LogP contribution in [-0.2, 0) is 13.5 Å². The summed E-state index contributed by atoms with van der Waals surface area (Å²) in [4.78, 5) is 0. The molecule has 0 spiro atoms. The van der Waals surface area contributed by atoms with Gasteiger partial charge in [-0.3, -0.25) is 4.68 Å². The number of aryl methyl sites for hydroxylation is 1. The molecule has 1 heterocycles. The van der Waals surface area contributed by atoms with Crippen molar-refractivity contribution in [1.29, 1.82) is 0 Å². The molecule has 0 bridgehead atoms. The highest BCUT2D eigenvalue weighted by molar-refractivity contribution is 4.99. The predicted molar refractivity (Wildman–Crippen MR) is 68.4 cm³/mol. The van der Waals surface area contributed by atoms with Gasteiger partial charge in [-0.25, -0.2) is 0 Å². The Morgan fingerprint density at radius 2 is 2.12 bits per heavy atom. The largest absolute Gasteiger partial charge is 0.316 e. The Balaban J connectivity index is 2.13. The molecule has 0 fully saturated rings. The molecular formula is C13H25N3. The maximum absolute atomic E-state index is 4.40. The second-order valence-electron chi connectivity index (χ2n) is 5.18. The van der Waals surface area contributed by atoms with Crippen molar-refractivity contribution >= 4 is 0 Å². The molecule has 0 aliphatic carbocycles. The Morgan fingerprint density at radius 1 is 1.38 bits per heavy atom. The first-order chi connectivity index (χ1) is 7.58. The summed E-state index contributed by atoms with van der Waals surface area (Å²) < 4.78 is 1.87. The summed E-state index contributed by atoms with van der Waals surface area (Å²) in [5.74, 6) is 1.45. The molecule has 1 atom stereocenters. The van der Waals surface area contributed by atoms with Crippen molar-refractivity contribution < 1.29 is 0 Å². The first-order valence-corrected chi connectivity index (χ1v) is 6.27. The molecule has 0 aliphatic heterocycles. The van der Waals surface area contributed by atoms with Gasteiger partial charge in [0.05, 0.1) is 5.69 Å². The third kappa shape index (κ3) is 5.31. The molecule has 92 valence electrons. The van der Waals surface area contributed by atoms with E-state index in [0.717, 1.165) is 25.4 Å². The lowest BCUT2D eigenvalue weighted by Gasteiger charge is -2.11. The third-order valence-corrected chi connectivity index (χ3v) is 2.69. The smallest absolute Gasteiger partial charge is 0.0627 e. The van der Waals surface area contributed by atoms with Gasteiger partial charge in [-0.05, 0) is 43.8 Å². The summed E-state index contributed by atoms with van der Waals surface area (Å²) in [5, 5.41) is 7.88. The second kappa shape index (κ2) is 6.69. The number of aromatic nitrogens is 2. The Labute approximate surface area is 99.2 Å². The Kier molecular flexibility index (Phi) is 5.53. The van der Waals surface area contributed by atoms with Crippen LogP contribution in [0, 0.1) is 11.8 Å². The zero-order valence-electron chi connectivity index (χ0n) is 11.0. The van der Waals surface area contributed by atoms with Crippen LogP contribution >= 0.6 is 0 Å². The maximum atomic E-state index is 4.40. The van der Waals surface area contributed by atoms with Crippen LogP contribution in [0.5, 0.6) is 0 Å². The normalized spacial score (nSPS) is 13.3. The monoisotopic (exact) mass is 223 g/mol. The van der Waals surface area contributed by atoms with Gasteiger partial charge in [-0.1, -0.05) is 20.8 Å². The molecule has 0 saturated heterocycles. The lowest BCUT2D eigenvalue weighted by atomic mass is 10.0. The van der Waals surface area contributed by atoms with Crippen LogP contribution in [-0.4, -0.2) is 22.9 Å². The highest BCUT2D eigenvalue weighted by atomic mass is 15.2. The van der Waals surface area contributed by atoms with Gasteiger partial charge >= 0.3 is 0 Å². The molecule has 1 aromatic rings. The minimum Gasteiger partial charge on any atom is -0.316 e. The third-order valence-electron chi connectivity index (χ3n) is 2.69. The molecule has 1 unspecified atom stereocenters. The Morgan fingerprint density at radius 3 is 2.69 bits per heavy atom. The molecule has 0 radical (unpaired) electrons. The van der Waals surface area contributed by atoms with Crippen molar-refractivity contribution in [2.24, 2.45) is 18.9 Å². The lowest BCUT2D eigenvalue weighted by molar-refractivity contribution is 0.470. The number of nitrogens with one attached hydrogen (secondary N) is 1. The first kappa shape index (κ1) is 13.2. The van der Waals surface area contributed by atoms with Crippen LogP contribution in [0.1, 0.15) is 32.9 Å². The van der Waals surface area contributed by atoms with Crippen molar-refractivity contribution in [2.75, 3.05) is 13.1 Å². The van der Waals surface area contributed by atoms with E-state index in [-0.39, 0.29) is 0 Å². The molecule has 16 heavy (non-hydrogen) atoms. The molecule has 1 N–H and O–H groups in total. The summed E-state index contributed by atoms with van der Waals surface area (Å²) in [6.45, 7) is 9.02. The lowest BCUT2D eigenvalue weighted by Crippen LogP contribution is -2.22. The fourth-order valence-corrected chi connectivity index (χ4v) is 1.77. The first-order valence-electron chi connectivity index (χ1n) is 6.27. The van der Waals surface area contributed by atoms with E-state index in [9.17, 15) is 0 Å². The van der Waals surface area contributed by atoms with E-state index < -0.39 is 0 Å². The van der Waals surface area contributed by atoms with Gasteiger partial charge < -0.3 is 5.32 Å². The maximum Gasteiger partial charge on any atom is 0.0627 e. The number of nitrogens with zero attached hydrogens (tertiary/aromatic N) is 2. The van der Waals surface area contributed by atoms with Gasteiger partial charge in [0.15, 0.2) is 0 Å². The molecule has 0 aromatic carbocycles. The van der Waals surface area contributed by atoms with E-state index in [1.807, 2.05) is 17.9 Å². The van der Waals surface area contributed by atoms with Gasteiger partial charge in [0.25, 0.3) is 0 Å². The van der Waals surface area contributed by atoms with E-state index in [0.29, 0.717) is 5.92 Å². The van der Waals surface area contributed by atoms with Crippen LogP contribution in [0.15, 0.2) is 12.3 Å². The molecule has 1 aromatic heterocycles. The number of hydrogen-bond acceptors (Lipinski definition) is 2. The zero-order valence-corrected chi connectivity index (χ0v) is 11.0.